The third-order valence-electron chi connectivity index (χ3n) is 3.84. The molecule has 6 heteroatoms. The van der Waals surface area contributed by atoms with Gasteiger partial charge in [0.2, 0.25) is 0 Å². The zero-order valence-corrected chi connectivity index (χ0v) is 13.6. The maximum Gasteiger partial charge on any atom is 0.127 e. The van der Waals surface area contributed by atoms with Crippen LogP contribution in [0.2, 0.25) is 0 Å². The van der Waals surface area contributed by atoms with Gasteiger partial charge < -0.3 is 4.57 Å². The first-order chi connectivity index (χ1) is 10.1. The van der Waals surface area contributed by atoms with E-state index in [1.54, 1.807) is 12.1 Å². The van der Waals surface area contributed by atoms with Gasteiger partial charge in [-0.3, -0.25) is 4.90 Å². The Labute approximate surface area is 133 Å². The number of halogens is 2. The van der Waals surface area contributed by atoms with Gasteiger partial charge in [0, 0.05) is 37.7 Å². The summed E-state index contributed by atoms with van der Waals surface area (Å²) in [4.78, 5) is 7.01. The monoisotopic (exact) mass is 327 g/mol. The number of aromatic nitrogens is 2. The van der Waals surface area contributed by atoms with Crippen molar-refractivity contribution in [3.63, 3.8) is 0 Å². The second kappa shape index (κ2) is 6.55. The minimum Gasteiger partial charge on any atom is -0.325 e. The summed E-state index contributed by atoms with van der Waals surface area (Å²) in [7, 11) is 0. The number of hydrogen-bond donors (Lipinski definition) is 0. The third-order valence-corrected chi connectivity index (χ3v) is 4.98. The summed E-state index contributed by atoms with van der Waals surface area (Å²) in [6, 6.07) is 4.73. The number of benzene rings is 1. The van der Waals surface area contributed by atoms with E-state index in [4.69, 9.17) is 11.6 Å². The largest absolute Gasteiger partial charge is 0.325 e. The van der Waals surface area contributed by atoms with Crippen LogP contribution in [-0.2, 0) is 6.54 Å². The number of nitrogens with zero attached hydrogens (tertiary/aromatic N) is 3. The number of thioether (sulfide) groups is 1. The second-order valence-electron chi connectivity index (χ2n) is 5.32. The molecule has 0 bridgehead atoms. The van der Waals surface area contributed by atoms with Gasteiger partial charge in [-0.1, -0.05) is 0 Å². The van der Waals surface area contributed by atoms with Crippen molar-refractivity contribution in [1.29, 1.82) is 0 Å². The van der Waals surface area contributed by atoms with Gasteiger partial charge in [-0.05, 0) is 25.1 Å². The van der Waals surface area contributed by atoms with Crippen LogP contribution in [0, 0.1) is 5.82 Å². The average molecular weight is 328 g/mol. The molecular formula is C15H19ClFN3S. The molecule has 0 aliphatic carbocycles. The van der Waals surface area contributed by atoms with E-state index in [1.807, 2.05) is 18.7 Å². The lowest BCUT2D eigenvalue weighted by molar-refractivity contribution is 0.289. The first kappa shape index (κ1) is 15.1. The SMILES string of the molecule is CC(Cl)c1nc2ccc(F)cc2n1CCN1CCSCC1. The molecule has 0 spiro atoms. The van der Waals surface area contributed by atoms with Crippen molar-refractivity contribution in [1.82, 2.24) is 14.5 Å². The maximum absolute atomic E-state index is 13.5. The molecule has 1 fully saturated rings. The fraction of sp³-hybridized carbons (Fsp3) is 0.533. The lowest BCUT2D eigenvalue weighted by Gasteiger charge is -2.26. The molecule has 2 heterocycles. The van der Waals surface area contributed by atoms with E-state index in [1.165, 1.54) is 17.6 Å². The van der Waals surface area contributed by atoms with Gasteiger partial charge in [0.25, 0.3) is 0 Å². The van der Waals surface area contributed by atoms with Crippen molar-refractivity contribution in [2.75, 3.05) is 31.1 Å². The Hall–Kier alpha value is -0.780. The normalized spacial score (nSPS) is 18.2. The number of fused-ring (bicyclic) bond motifs is 1. The van der Waals surface area contributed by atoms with E-state index in [0.717, 1.165) is 43.0 Å². The molecule has 1 unspecified atom stereocenters. The average Bonchev–Trinajstić information content (AvgIpc) is 2.84. The van der Waals surface area contributed by atoms with Crippen LogP contribution in [0.15, 0.2) is 18.2 Å². The predicted molar refractivity (Wildman–Crippen MR) is 87.7 cm³/mol. The summed E-state index contributed by atoms with van der Waals surface area (Å²) >= 11 is 8.25. The molecule has 3 nitrogen and oxygen atoms in total. The molecule has 114 valence electrons. The van der Waals surface area contributed by atoms with Crippen LogP contribution in [-0.4, -0.2) is 45.6 Å². The third kappa shape index (κ3) is 3.35. The molecular weight excluding hydrogens is 309 g/mol. The van der Waals surface area contributed by atoms with Gasteiger partial charge >= 0.3 is 0 Å². The molecule has 0 radical (unpaired) electrons. The molecule has 21 heavy (non-hydrogen) atoms. The minimum absolute atomic E-state index is 0.183. The fourth-order valence-electron chi connectivity index (χ4n) is 2.72. The Bertz CT molecular complexity index is 623. The van der Waals surface area contributed by atoms with Crippen molar-refractivity contribution < 1.29 is 4.39 Å². The Morgan fingerprint density at radius 3 is 2.81 bits per heavy atom. The van der Waals surface area contributed by atoms with E-state index in [2.05, 4.69) is 14.5 Å². The van der Waals surface area contributed by atoms with E-state index in [9.17, 15) is 4.39 Å². The lowest BCUT2D eigenvalue weighted by atomic mass is 10.3. The number of imidazole rings is 1. The van der Waals surface area contributed by atoms with E-state index < -0.39 is 0 Å². The molecule has 0 saturated carbocycles. The van der Waals surface area contributed by atoms with Crippen LogP contribution in [0.1, 0.15) is 18.1 Å². The zero-order valence-electron chi connectivity index (χ0n) is 12.1. The predicted octanol–water partition coefficient (Wildman–Crippen LogP) is 3.52. The highest BCUT2D eigenvalue weighted by molar-refractivity contribution is 7.99. The van der Waals surface area contributed by atoms with Gasteiger partial charge in [0.15, 0.2) is 0 Å². The quantitative estimate of drug-likeness (QED) is 0.802. The van der Waals surface area contributed by atoms with Gasteiger partial charge in [0.1, 0.15) is 11.6 Å². The van der Waals surface area contributed by atoms with Gasteiger partial charge in [-0.25, -0.2) is 9.37 Å². The molecule has 1 aliphatic heterocycles. The van der Waals surface area contributed by atoms with Crippen LogP contribution in [0.25, 0.3) is 11.0 Å². The number of hydrogen-bond acceptors (Lipinski definition) is 3. The summed E-state index contributed by atoms with van der Waals surface area (Å²) in [6.07, 6.45) is 0. The Morgan fingerprint density at radius 1 is 1.33 bits per heavy atom. The maximum atomic E-state index is 13.5. The second-order valence-corrected chi connectivity index (χ2v) is 7.20. The smallest absolute Gasteiger partial charge is 0.127 e. The first-order valence-electron chi connectivity index (χ1n) is 7.25. The van der Waals surface area contributed by atoms with Crippen molar-refractivity contribution in [2.24, 2.45) is 0 Å². The number of alkyl halides is 1. The summed E-state index contributed by atoms with van der Waals surface area (Å²) in [5.74, 6) is 2.98. The van der Waals surface area contributed by atoms with Crippen molar-refractivity contribution in [2.45, 2.75) is 18.8 Å². The van der Waals surface area contributed by atoms with Crippen LogP contribution in [0.3, 0.4) is 0 Å². The Morgan fingerprint density at radius 2 is 2.10 bits per heavy atom. The molecule has 1 aliphatic rings. The molecule has 1 atom stereocenters. The summed E-state index contributed by atoms with van der Waals surface area (Å²) < 4.78 is 15.6. The zero-order chi connectivity index (χ0) is 14.8. The highest BCUT2D eigenvalue weighted by atomic mass is 35.5. The van der Waals surface area contributed by atoms with E-state index >= 15 is 0 Å². The fourth-order valence-corrected chi connectivity index (χ4v) is 3.86. The lowest BCUT2D eigenvalue weighted by Crippen LogP contribution is -2.35. The van der Waals surface area contributed by atoms with Crippen LogP contribution >= 0.6 is 23.4 Å². The molecule has 3 rings (SSSR count). The van der Waals surface area contributed by atoms with Crippen LogP contribution < -0.4 is 0 Å². The summed E-state index contributed by atoms with van der Waals surface area (Å²) in [5, 5.41) is -0.183. The summed E-state index contributed by atoms with van der Waals surface area (Å²) in [5.41, 5.74) is 1.65. The molecule has 1 aromatic carbocycles. The van der Waals surface area contributed by atoms with Crippen LogP contribution in [0.4, 0.5) is 4.39 Å². The molecule has 0 N–H and O–H groups in total. The topological polar surface area (TPSA) is 21.1 Å². The highest BCUT2D eigenvalue weighted by Crippen LogP contribution is 2.25. The standard InChI is InChI=1S/C15H19ClFN3S/c1-11(16)15-18-13-3-2-12(17)10-14(13)20(15)5-4-19-6-8-21-9-7-19/h2-3,10-11H,4-9H2,1H3. The van der Waals surface area contributed by atoms with Crippen molar-refractivity contribution in [3.05, 3.63) is 29.8 Å². The molecule has 1 saturated heterocycles. The Kier molecular flexibility index (Phi) is 4.72. The van der Waals surface area contributed by atoms with Gasteiger partial charge in [-0.2, -0.15) is 11.8 Å². The Balaban J connectivity index is 1.87. The van der Waals surface area contributed by atoms with Crippen molar-refractivity contribution in [3.8, 4) is 0 Å². The highest BCUT2D eigenvalue weighted by Gasteiger charge is 2.17. The van der Waals surface area contributed by atoms with Crippen LogP contribution in [0.5, 0.6) is 0 Å². The summed E-state index contributed by atoms with van der Waals surface area (Å²) in [6.45, 7) is 5.91. The van der Waals surface area contributed by atoms with E-state index in [-0.39, 0.29) is 11.2 Å². The minimum atomic E-state index is -0.230. The molecule has 0 amide bonds. The number of rotatable bonds is 4. The van der Waals surface area contributed by atoms with Gasteiger partial charge in [0.05, 0.1) is 16.4 Å². The van der Waals surface area contributed by atoms with Crippen molar-refractivity contribution >= 4 is 34.4 Å². The molecule has 2 aromatic rings. The van der Waals surface area contributed by atoms with Gasteiger partial charge in [-0.15, -0.1) is 11.6 Å². The van der Waals surface area contributed by atoms with E-state index in [0.29, 0.717) is 0 Å². The first-order valence-corrected chi connectivity index (χ1v) is 8.84. The molecule has 1 aromatic heterocycles.